The van der Waals surface area contributed by atoms with Gasteiger partial charge in [-0.05, 0) is 49.3 Å². The normalized spacial score (nSPS) is 16.5. The lowest BCUT2D eigenvalue weighted by molar-refractivity contribution is 0.682. The van der Waals surface area contributed by atoms with E-state index in [0.717, 1.165) is 17.9 Å². The molecule has 1 aromatic heterocycles. The predicted molar refractivity (Wildman–Crippen MR) is 82.3 cm³/mol. The fourth-order valence-electron chi connectivity index (χ4n) is 2.16. The van der Waals surface area contributed by atoms with Gasteiger partial charge in [-0.1, -0.05) is 12.8 Å². The Kier molecular flexibility index (Phi) is 5.34. The Morgan fingerprint density at radius 2 is 2.11 bits per heavy atom. The molecule has 1 aromatic rings. The molecular formula is C15H20N2S. The van der Waals surface area contributed by atoms with Gasteiger partial charge in [0.05, 0.1) is 5.70 Å². The van der Waals surface area contributed by atoms with Crippen LogP contribution >= 0.6 is 12.6 Å². The van der Waals surface area contributed by atoms with Crippen LogP contribution in [-0.2, 0) is 0 Å². The number of nitrogens with zero attached hydrogens (tertiary/aromatic N) is 1. The quantitative estimate of drug-likeness (QED) is 0.542. The number of unbranched alkanes of at least 4 members (excludes halogenated alkanes) is 3. The molecule has 0 fully saturated rings. The van der Waals surface area contributed by atoms with E-state index in [1.54, 1.807) is 0 Å². The molecular weight excluding hydrogens is 240 g/mol. The van der Waals surface area contributed by atoms with E-state index < -0.39 is 0 Å². The van der Waals surface area contributed by atoms with Crippen LogP contribution in [0.3, 0.4) is 0 Å². The highest BCUT2D eigenvalue weighted by Gasteiger charge is 2.09. The van der Waals surface area contributed by atoms with E-state index in [1.165, 1.54) is 37.0 Å². The minimum absolute atomic E-state index is 0.998. The lowest BCUT2D eigenvalue weighted by atomic mass is 10.0. The molecule has 0 unspecified atom stereocenters. The van der Waals surface area contributed by atoms with Crippen molar-refractivity contribution in [1.29, 1.82) is 0 Å². The molecule has 96 valence electrons. The maximum Gasteiger partial charge on any atom is 0.0682 e. The topological polar surface area (TPSA) is 28.1 Å². The van der Waals surface area contributed by atoms with Crippen LogP contribution in [-0.4, -0.2) is 17.0 Å². The number of aromatic amines is 1. The van der Waals surface area contributed by atoms with Crippen molar-refractivity contribution in [2.45, 2.75) is 32.1 Å². The molecule has 2 rings (SSSR count). The van der Waals surface area contributed by atoms with Crippen molar-refractivity contribution in [3.63, 3.8) is 0 Å². The van der Waals surface area contributed by atoms with E-state index in [-0.39, 0.29) is 0 Å². The minimum Gasteiger partial charge on any atom is -0.361 e. The minimum atomic E-state index is 0.998. The maximum atomic E-state index is 4.42. The van der Waals surface area contributed by atoms with Crippen molar-refractivity contribution in [3.05, 3.63) is 41.9 Å². The first-order valence-electron chi connectivity index (χ1n) is 6.60. The van der Waals surface area contributed by atoms with Crippen LogP contribution < -0.4 is 0 Å². The monoisotopic (exact) mass is 260 g/mol. The lowest BCUT2D eigenvalue weighted by Gasteiger charge is -2.07. The van der Waals surface area contributed by atoms with Gasteiger partial charge >= 0.3 is 0 Å². The Morgan fingerprint density at radius 3 is 2.78 bits per heavy atom. The van der Waals surface area contributed by atoms with Crippen molar-refractivity contribution in [1.82, 2.24) is 4.98 Å². The molecule has 3 heteroatoms. The van der Waals surface area contributed by atoms with Crippen molar-refractivity contribution in [2.24, 2.45) is 4.99 Å². The molecule has 1 aliphatic heterocycles. The molecule has 0 amide bonds. The molecule has 0 aliphatic carbocycles. The van der Waals surface area contributed by atoms with E-state index in [4.69, 9.17) is 0 Å². The van der Waals surface area contributed by atoms with Crippen LogP contribution in [0.4, 0.5) is 0 Å². The van der Waals surface area contributed by atoms with E-state index >= 15 is 0 Å². The van der Waals surface area contributed by atoms with Crippen molar-refractivity contribution < 1.29 is 0 Å². The summed E-state index contributed by atoms with van der Waals surface area (Å²) in [5.41, 5.74) is 3.63. The third kappa shape index (κ3) is 3.64. The first-order valence-corrected chi connectivity index (χ1v) is 7.23. The number of aliphatic imine (C=N–C) groups is 1. The summed E-state index contributed by atoms with van der Waals surface area (Å²) in [5, 5.41) is 0. The van der Waals surface area contributed by atoms with Gasteiger partial charge in [0.15, 0.2) is 0 Å². The number of H-pyrrole nitrogens is 1. The summed E-state index contributed by atoms with van der Waals surface area (Å²) >= 11 is 4.24. The van der Waals surface area contributed by atoms with Gasteiger partial charge in [0, 0.05) is 23.7 Å². The maximum absolute atomic E-state index is 4.42. The van der Waals surface area contributed by atoms with Crippen molar-refractivity contribution in [2.75, 3.05) is 5.75 Å². The van der Waals surface area contributed by atoms with Gasteiger partial charge in [-0.25, -0.2) is 0 Å². The first-order chi connectivity index (χ1) is 8.92. The second kappa shape index (κ2) is 7.27. The van der Waals surface area contributed by atoms with Gasteiger partial charge in [-0.15, -0.1) is 0 Å². The number of aromatic nitrogens is 1. The Morgan fingerprint density at radius 1 is 1.22 bits per heavy atom. The lowest BCUT2D eigenvalue weighted by Crippen LogP contribution is -1.90. The highest BCUT2D eigenvalue weighted by Crippen LogP contribution is 2.26. The van der Waals surface area contributed by atoms with Crippen LogP contribution in [0.25, 0.3) is 5.57 Å². The zero-order chi connectivity index (χ0) is 12.6. The fourth-order valence-corrected chi connectivity index (χ4v) is 2.39. The van der Waals surface area contributed by atoms with E-state index in [2.05, 4.69) is 34.7 Å². The van der Waals surface area contributed by atoms with Crippen LogP contribution in [0.2, 0.25) is 0 Å². The third-order valence-corrected chi connectivity index (χ3v) is 3.44. The van der Waals surface area contributed by atoms with Gasteiger partial charge in [0.1, 0.15) is 0 Å². The van der Waals surface area contributed by atoms with E-state index in [0.29, 0.717) is 0 Å². The molecule has 0 aromatic carbocycles. The molecule has 0 saturated heterocycles. The zero-order valence-electron chi connectivity index (χ0n) is 10.6. The van der Waals surface area contributed by atoms with Crippen molar-refractivity contribution >= 4 is 24.4 Å². The summed E-state index contributed by atoms with van der Waals surface area (Å²) in [5.74, 6) is 0.998. The van der Waals surface area contributed by atoms with Crippen LogP contribution in [0.5, 0.6) is 0 Å². The van der Waals surface area contributed by atoms with Gasteiger partial charge in [-0.3, -0.25) is 4.99 Å². The van der Waals surface area contributed by atoms with Crippen LogP contribution in [0.15, 0.2) is 41.2 Å². The van der Waals surface area contributed by atoms with E-state index in [1.807, 2.05) is 24.6 Å². The fraction of sp³-hybridized carbons (Fsp3) is 0.400. The summed E-state index contributed by atoms with van der Waals surface area (Å²) in [4.78, 5) is 7.71. The number of thiol groups is 1. The zero-order valence-corrected chi connectivity index (χ0v) is 11.5. The molecule has 0 bridgehead atoms. The standard InChI is InChI=1S/C15H20N2S/c18-12-4-2-1-3-7-13(14-8-5-10-16-14)15-9-6-11-17-15/h5-6,8-11,16,18H,1-4,7,12H2/b15-13+. The Bertz CT molecular complexity index is 427. The molecule has 1 N–H and O–H groups in total. The second-order valence-corrected chi connectivity index (χ2v) is 4.92. The molecule has 2 heterocycles. The average molecular weight is 260 g/mol. The number of allylic oxidation sites excluding steroid dienone is 3. The number of hydrogen-bond acceptors (Lipinski definition) is 2. The predicted octanol–water partition coefficient (Wildman–Crippen LogP) is 4.25. The Hall–Kier alpha value is -1.22. The molecule has 0 atom stereocenters. The molecule has 0 saturated carbocycles. The second-order valence-electron chi connectivity index (χ2n) is 4.47. The average Bonchev–Trinajstić information content (AvgIpc) is 3.06. The van der Waals surface area contributed by atoms with Gasteiger partial charge in [0.2, 0.25) is 0 Å². The Balaban J connectivity index is 1.97. The Labute approximate surface area is 114 Å². The highest BCUT2D eigenvalue weighted by atomic mass is 32.1. The third-order valence-electron chi connectivity index (χ3n) is 3.12. The van der Waals surface area contributed by atoms with Gasteiger partial charge in [0.25, 0.3) is 0 Å². The molecule has 18 heavy (non-hydrogen) atoms. The summed E-state index contributed by atoms with van der Waals surface area (Å²) in [6.07, 6.45) is 14.0. The smallest absolute Gasteiger partial charge is 0.0682 e. The van der Waals surface area contributed by atoms with Crippen LogP contribution in [0, 0.1) is 0 Å². The number of hydrogen-bond donors (Lipinski definition) is 2. The summed E-state index contributed by atoms with van der Waals surface area (Å²) in [6.45, 7) is 0. The van der Waals surface area contributed by atoms with Crippen LogP contribution in [0.1, 0.15) is 37.8 Å². The summed E-state index contributed by atoms with van der Waals surface area (Å²) in [6, 6.07) is 4.16. The van der Waals surface area contributed by atoms with Crippen molar-refractivity contribution in [3.8, 4) is 0 Å². The molecule has 2 nitrogen and oxygen atoms in total. The van der Waals surface area contributed by atoms with E-state index in [9.17, 15) is 0 Å². The molecule has 0 radical (unpaired) electrons. The summed E-state index contributed by atoms with van der Waals surface area (Å²) < 4.78 is 0. The SMILES string of the molecule is SCCCCCC/C(=C1/C=CC=N1)c1ccc[nH]1. The molecule has 1 aliphatic rings. The van der Waals surface area contributed by atoms with Gasteiger partial charge in [-0.2, -0.15) is 12.6 Å². The largest absolute Gasteiger partial charge is 0.361 e. The van der Waals surface area contributed by atoms with Gasteiger partial charge < -0.3 is 4.98 Å². The number of rotatable bonds is 7. The summed E-state index contributed by atoms with van der Waals surface area (Å²) in [7, 11) is 0. The highest BCUT2D eigenvalue weighted by molar-refractivity contribution is 7.80. The first kappa shape index (κ1) is 13.2. The molecule has 0 spiro atoms. The number of nitrogens with one attached hydrogen (secondary N) is 1.